The summed E-state index contributed by atoms with van der Waals surface area (Å²) in [6.45, 7) is 3.57. The topological polar surface area (TPSA) is 189 Å². The van der Waals surface area contributed by atoms with Crippen molar-refractivity contribution in [3.05, 3.63) is 124 Å². The Morgan fingerprint density at radius 3 is 2.06 bits per heavy atom. The lowest BCUT2D eigenvalue weighted by atomic mass is 10.1. The minimum atomic E-state index is -0.624. The zero-order valence-corrected chi connectivity index (χ0v) is 43.8. The van der Waals surface area contributed by atoms with Crippen molar-refractivity contribution < 1.29 is 61.9 Å². The van der Waals surface area contributed by atoms with Crippen molar-refractivity contribution in [2.45, 2.75) is 70.1 Å². The first kappa shape index (κ1) is 52.7. The summed E-state index contributed by atoms with van der Waals surface area (Å²) in [5.74, 6) is 0.460. The molecule has 0 radical (unpaired) electrons. The Morgan fingerprint density at radius 2 is 1.35 bits per heavy atom. The van der Waals surface area contributed by atoms with E-state index in [-0.39, 0.29) is 55.9 Å². The number of carbonyl (C=O) groups is 4. The van der Waals surface area contributed by atoms with E-state index in [0.717, 1.165) is 50.8 Å². The molecule has 5 heterocycles. The molecule has 404 valence electrons. The van der Waals surface area contributed by atoms with Gasteiger partial charge in [0.25, 0.3) is 17.7 Å². The Morgan fingerprint density at radius 1 is 0.701 bits per heavy atom. The molecule has 1 unspecified atom stereocenters. The number of benzene rings is 5. The zero-order chi connectivity index (χ0) is 53.4. The predicted octanol–water partition coefficient (Wildman–Crippen LogP) is 7.47. The molecule has 0 saturated carbocycles. The van der Waals surface area contributed by atoms with Crippen molar-refractivity contribution in [3.63, 3.8) is 0 Å². The molecule has 77 heavy (non-hydrogen) atoms. The number of carbonyl (C=O) groups excluding carboxylic acids is 4. The first-order valence-corrected chi connectivity index (χ1v) is 26.0. The molecule has 5 aliphatic heterocycles. The highest BCUT2D eigenvalue weighted by atomic mass is 16.7. The van der Waals surface area contributed by atoms with Gasteiger partial charge in [-0.05, 0) is 77.6 Å². The van der Waals surface area contributed by atoms with Gasteiger partial charge in [0.1, 0.15) is 13.2 Å². The molecule has 0 spiro atoms. The summed E-state index contributed by atoms with van der Waals surface area (Å²) in [6, 6.07) is 28.6. The van der Waals surface area contributed by atoms with Crippen LogP contribution in [0.1, 0.15) is 68.7 Å². The van der Waals surface area contributed by atoms with Gasteiger partial charge >= 0.3 is 5.97 Å². The summed E-state index contributed by atoms with van der Waals surface area (Å²) in [4.78, 5) is 70.2. The summed E-state index contributed by atoms with van der Waals surface area (Å²) in [7, 11) is 6.18. The van der Waals surface area contributed by atoms with Gasteiger partial charge in [0.15, 0.2) is 29.2 Å². The van der Waals surface area contributed by atoms with Crippen molar-refractivity contribution in [1.82, 2.24) is 5.06 Å². The number of para-hydroxylation sites is 2. The first-order valence-electron chi connectivity index (χ1n) is 26.0. The summed E-state index contributed by atoms with van der Waals surface area (Å²) in [6.07, 6.45) is 3.68. The molecule has 19 heteroatoms. The molecule has 1 N–H and O–H groups in total. The number of fused-ring (bicyclic) bond motifs is 8. The van der Waals surface area contributed by atoms with Crippen LogP contribution in [0.25, 0.3) is 0 Å². The van der Waals surface area contributed by atoms with Crippen molar-refractivity contribution >= 4 is 58.3 Å². The highest BCUT2D eigenvalue weighted by molar-refractivity contribution is 6.15. The number of rotatable bonds is 24. The SMILES string of the molecule is COCCOCCOCCN(CCCC(=O)ON1C(=O)CCC1OC)c1cc(COc2cc3c(cc2OC)C(=O)N2c4ccccc4C[C@H]2C=N3)cc(COc2cc3c(cc2OC)C(=O)N2c4ccccc4C[C@H]2CN3)c1. The zero-order valence-electron chi connectivity index (χ0n) is 43.8. The summed E-state index contributed by atoms with van der Waals surface area (Å²) >= 11 is 0. The van der Waals surface area contributed by atoms with E-state index in [0.29, 0.717) is 117 Å². The highest BCUT2D eigenvalue weighted by Crippen LogP contribution is 2.43. The molecule has 3 amide bonds. The number of ether oxygens (including phenoxy) is 8. The predicted molar refractivity (Wildman–Crippen MR) is 287 cm³/mol. The molecule has 5 aromatic carbocycles. The fraction of sp³-hybridized carbons (Fsp3) is 0.397. The van der Waals surface area contributed by atoms with E-state index in [2.05, 4.69) is 16.3 Å². The highest BCUT2D eigenvalue weighted by Gasteiger charge is 2.39. The van der Waals surface area contributed by atoms with Gasteiger partial charge in [-0.2, -0.15) is 0 Å². The lowest BCUT2D eigenvalue weighted by molar-refractivity contribution is -0.224. The Kier molecular flexibility index (Phi) is 16.5. The van der Waals surface area contributed by atoms with Crippen molar-refractivity contribution in [3.8, 4) is 23.0 Å². The quantitative estimate of drug-likeness (QED) is 0.0599. The standard InChI is InChI=1S/C58H64N6O13/c1-69-20-21-74-23-22-73-19-18-61(17-9-14-56(66)77-64-54(65)15-16-55(64)72-4)41-25-37(35-75-52-31-46-44(29-50(52)70-2)57(67)62-42(33-59-46)27-39-10-5-7-12-48(39)62)24-38(26-41)36-76-53-32-47-45(30-51(53)71-3)58(68)63-43(34-60-47)28-40-11-6-8-13-49(40)63/h5-8,10-13,24-26,29-33,42-43,55,60H,9,14-23,27-28,34-36H2,1-4H3/t42-,43-,55?/m0/s1. The van der Waals surface area contributed by atoms with Crippen LogP contribution in [-0.2, 0) is 59.4 Å². The number of amides is 3. The molecule has 1 fully saturated rings. The number of hydrogen-bond donors (Lipinski definition) is 1. The normalized spacial score (nSPS) is 17.8. The van der Waals surface area contributed by atoms with Gasteiger partial charge in [-0.1, -0.05) is 36.4 Å². The third-order valence-corrected chi connectivity index (χ3v) is 14.4. The van der Waals surface area contributed by atoms with Crippen LogP contribution in [0.3, 0.4) is 0 Å². The molecule has 19 nitrogen and oxygen atoms in total. The average molecular weight is 1050 g/mol. The molecule has 3 atom stereocenters. The maximum Gasteiger partial charge on any atom is 0.332 e. The lowest BCUT2D eigenvalue weighted by Gasteiger charge is -2.27. The number of nitrogens with zero attached hydrogens (tertiary/aromatic N) is 5. The fourth-order valence-corrected chi connectivity index (χ4v) is 10.6. The molecular weight excluding hydrogens is 989 g/mol. The van der Waals surface area contributed by atoms with Crippen LogP contribution in [0.15, 0.2) is 96.0 Å². The largest absolute Gasteiger partial charge is 0.493 e. The molecule has 5 aliphatic rings. The van der Waals surface area contributed by atoms with E-state index in [1.807, 2.05) is 77.8 Å². The maximum atomic E-state index is 14.2. The second-order valence-corrected chi connectivity index (χ2v) is 19.3. The van der Waals surface area contributed by atoms with Crippen LogP contribution in [0.2, 0.25) is 0 Å². The van der Waals surface area contributed by atoms with Crippen LogP contribution in [0, 0.1) is 0 Å². The number of nitrogens with one attached hydrogen (secondary N) is 1. The van der Waals surface area contributed by atoms with Crippen LogP contribution in [0.4, 0.5) is 28.4 Å². The Hall–Kier alpha value is -7.71. The summed E-state index contributed by atoms with van der Waals surface area (Å²) in [5, 5.41) is 4.54. The molecular formula is C58H64N6O13. The van der Waals surface area contributed by atoms with Gasteiger partial charge in [0.2, 0.25) is 0 Å². The van der Waals surface area contributed by atoms with Gasteiger partial charge < -0.3 is 57.8 Å². The van der Waals surface area contributed by atoms with Gasteiger partial charge in [0.05, 0.1) is 81.8 Å². The Bertz CT molecular complexity index is 3020. The lowest BCUT2D eigenvalue weighted by Crippen LogP contribution is -2.39. The van der Waals surface area contributed by atoms with E-state index < -0.39 is 12.2 Å². The molecule has 0 aliphatic carbocycles. The van der Waals surface area contributed by atoms with Crippen LogP contribution >= 0.6 is 0 Å². The third-order valence-electron chi connectivity index (χ3n) is 14.4. The second-order valence-electron chi connectivity index (χ2n) is 19.3. The first-order chi connectivity index (χ1) is 37.6. The third kappa shape index (κ3) is 11.5. The molecule has 10 rings (SSSR count). The maximum absolute atomic E-state index is 14.2. The van der Waals surface area contributed by atoms with Gasteiger partial charge in [-0.15, -0.1) is 5.06 Å². The van der Waals surface area contributed by atoms with E-state index in [1.165, 1.54) is 14.2 Å². The van der Waals surface area contributed by atoms with E-state index >= 15 is 0 Å². The number of anilines is 4. The van der Waals surface area contributed by atoms with Crippen molar-refractivity contribution in [2.24, 2.45) is 4.99 Å². The van der Waals surface area contributed by atoms with Crippen LogP contribution < -0.4 is 39.0 Å². The molecule has 0 aromatic heterocycles. The number of methoxy groups -OCH3 is 4. The smallest absolute Gasteiger partial charge is 0.332 e. The molecule has 1 saturated heterocycles. The number of hydroxylamine groups is 2. The van der Waals surface area contributed by atoms with Gasteiger partial charge in [0, 0.05) is 94.9 Å². The Labute approximate surface area is 447 Å². The van der Waals surface area contributed by atoms with Crippen LogP contribution in [0.5, 0.6) is 23.0 Å². The number of hydrogen-bond acceptors (Lipinski definition) is 16. The van der Waals surface area contributed by atoms with E-state index in [4.69, 9.17) is 47.7 Å². The minimum Gasteiger partial charge on any atom is -0.493 e. The minimum absolute atomic E-state index is 0.0253. The molecule has 0 bridgehead atoms. The fourth-order valence-electron chi connectivity index (χ4n) is 10.6. The number of aliphatic imine (C=N–C) groups is 1. The van der Waals surface area contributed by atoms with Crippen molar-refractivity contribution in [2.75, 3.05) is 101 Å². The monoisotopic (exact) mass is 1050 g/mol. The van der Waals surface area contributed by atoms with Crippen LogP contribution in [-0.4, -0.2) is 134 Å². The molecule has 5 aromatic rings. The summed E-state index contributed by atoms with van der Waals surface area (Å²) < 4.78 is 47.1. The Balaban J connectivity index is 0.924. The van der Waals surface area contributed by atoms with E-state index in [9.17, 15) is 19.2 Å². The average Bonchev–Trinajstić information content (AvgIpc) is 4.10. The van der Waals surface area contributed by atoms with E-state index in [1.54, 1.807) is 37.3 Å². The second kappa shape index (κ2) is 24.1. The van der Waals surface area contributed by atoms with Crippen molar-refractivity contribution in [1.29, 1.82) is 0 Å². The summed E-state index contributed by atoms with van der Waals surface area (Å²) in [5.41, 5.74) is 8.35. The van der Waals surface area contributed by atoms with Gasteiger partial charge in [-0.25, -0.2) is 4.79 Å². The van der Waals surface area contributed by atoms with Gasteiger partial charge in [-0.3, -0.25) is 24.3 Å².